The van der Waals surface area contributed by atoms with E-state index in [4.69, 9.17) is 4.42 Å². The molecule has 0 radical (unpaired) electrons. The quantitative estimate of drug-likeness (QED) is 0.506. The molecule has 4 heterocycles. The van der Waals surface area contributed by atoms with E-state index >= 15 is 0 Å². The second kappa shape index (κ2) is 8.81. The topological polar surface area (TPSA) is 83.7 Å². The predicted molar refractivity (Wildman–Crippen MR) is 127 cm³/mol. The molecular weight excluding hydrogens is 466 g/mol. The van der Waals surface area contributed by atoms with Gasteiger partial charge in [0.05, 0.1) is 11.5 Å². The molecule has 1 unspecified atom stereocenters. The van der Waals surface area contributed by atoms with Crippen LogP contribution in [0.2, 0.25) is 0 Å². The lowest BCUT2D eigenvalue weighted by Gasteiger charge is -2.37. The summed E-state index contributed by atoms with van der Waals surface area (Å²) >= 11 is 3.23. The van der Waals surface area contributed by atoms with Gasteiger partial charge >= 0.3 is 0 Å². The summed E-state index contributed by atoms with van der Waals surface area (Å²) in [6, 6.07) is 7.85. The number of carbonyl (C=O) groups is 1. The SMILES string of the molecule is Cc1csc(SCc2c(C(=O)N3CCN(C4CCS(=O)(=O)C4)CC3)oc3ccccc23)n1. The smallest absolute Gasteiger partial charge is 0.290 e. The minimum atomic E-state index is -2.91. The van der Waals surface area contributed by atoms with Gasteiger partial charge in [-0.15, -0.1) is 11.3 Å². The third-order valence-corrected chi connectivity index (χ3v) is 10.1. The maximum Gasteiger partial charge on any atom is 0.290 e. The first-order chi connectivity index (χ1) is 15.4. The number of aryl methyl sites for hydroxylation is 1. The maximum atomic E-state index is 13.4. The summed E-state index contributed by atoms with van der Waals surface area (Å²) in [7, 11) is -2.91. The Balaban J connectivity index is 1.32. The second-order valence-electron chi connectivity index (χ2n) is 8.33. The lowest BCUT2D eigenvalue weighted by Crippen LogP contribution is -2.52. The van der Waals surface area contributed by atoms with Gasteiger partial charge in [-0.1, -0.05) is 30.0 Å². The van der Waals surface area contributed by atoms with Crippen molar-refractivity contribution in [3.8, 4) is 0 Å². The highest BCUT2D eigenvalue weighted by molar-refractivity contribution is 8.00. The number of rotatable bonds is 5. The Morgan fingerprint density at radius 2 is 2.03 bits per heavy atom. The van der Waals surface area contributed by atoms with Gasteiger partial charge in [-0.2, -0.15) is 0 Å². The molecule has 2 saturated heterocycles. The predicted octanol–water partition coefficient (Wildman–Crippen LogP) is 3.43. The van der Waals surface area contributed by atoms with Crippen LogP contribution in [0.4, 0.5) is 0 Å². The Bertz CT molecular complexity index is 1240. The van der Waals surface area contributed by atoms with Gasteiger partial charge in [-0.05, 0) is 19.4 Å². The van der Waals surface area contributed by atoms with Crippen molar-refractivity contribution in [1.29, 1.82) is 0 Å². The summed E-state index contributed by atoms with van der Waals surface area (Å²) in [5, 5.41) is 2.99. The van der Waals surface area contributed by atoms with Gasteiger partial charge in [0.25, 0.3) is 5.91 Å². The molecule has 32 heavy (non-hydrogen) atoms. The van der Waals surface area contributed by atoms with Crippen molar-refractivity contribution in [3.05, 3.63) is 46.7 Å². The summed E-state index contributed by atoms with van der Waals surface area (Å²) < 4.78 is 30.7. The normalized spacial score (nSPS) is 21.4. The molecule has 0 aliphatic carbocycles. The zero-order chi connectivity index (χ0) is 22.3. The number of furan rings is 1. The van der Waals surface area contributed by atoms with Crippen molar-refractivity contribution in [2.45, 2.75) is 29.5 Å². The lowest BCUT2D eigenvalue weighted by molar-refractivity contribution is 0.0560. The summed E-state index contributed by atoms with van der Waals surface area (Å²) in [6.07, 6.45) is 0.692. The molecule has 7 nitrogen and oxygen atoms in total. The van der Waals surface area contributed by atoms with Crippen molar-refractivity contribution in [3.63, 3.8) is 0 Å². The number of piperazine rings is 1. The van der Waals surface area contributed by atoms with Crippen LogP contribution < -0.4 is 0 Å². The van der Waals surface area contributed by atoms with E-state index in [1.54, 1.807) is 23.1 Å². The molecule has 0 saturated carbocycles. The largest absolute Gasteiger partial charge is 0.451 e. The maximum absolute atomic E-state index is 13.4. The molecular formula is C22H25N3O4S3. The molecule has 2 aliphatic heterocycles. The molecule has 2 aliphatic rings. The zero-order valence-corrected chi connectivity index (χ0v) is 20.3. The third-order valence-electron chi connectivity index (χ3n) is 6.16. The highest BCUT2D eigenvalue weighted by Gasteiger charge is 2.35. The van der Waals surface area contributed by atoms with E-state index in [2.05, 4.69) is 9.88 Å². The van der Waals surface area contributed by atoms with E-state index in [0.29, 0.717) is 44.1 Å². The van der Waals surface area contributed by atoms with E-state index in [-0.39, 0.29) is 23.5 Å². The molecule has 1 atom stereocenters. The molecule has 170 valence electrons. The number of hydrogen-bond acceptors (Lipinski definition) is 8. The Kier molecular flexibility index (Phi) is 6.04. The molecule has 0 N–H and O–H groups in total. The standard InChI is InChI=1S/C22H25N3O4S3/c1-15-12-30-22(23-15)31-13-18-17-4-2-3-5-19(17)29-20(18)21(26)25-9-7-24(8-10-25)16-6-11-32(27,28)14-16/h2-5,12,16H,6-11,13-14H2,1H3. The zero-order valence-electron chi connectivity index (χ0n) is 17.8. The Hall–Kier alpha value is -1.88. The summed E-state index contributed by atoms with van der Waals surface area (Å²) in [5.74, 6) is 1.44. The summed E-state index contributed by atoms with van der Waals surface area (Å²) in [5.41, 5.74) is 2.63. The van der Waals surface area contributed by atoms with Crippen molar-refractivity contribution >= 4 is 49.8 Å². The highest BCUT2D eigenvalue weighted by atomic mass is 32.2. The average Bonchev–Trinajstić information content (AvgIpc) is 3.48. The number of thioether (sulfide) groups is 1. The first kappa shape index (κ1) is 21.9. The Morgan fingerprint density at radius 3 is 2.72 bits per heavy atom. The molecule has 1 amide bonds. The van der Waals surface area contributed by atoms with Crippen LogP contribution >= 0.6 is 23.1 Å². The molecule has 5 rings (SSSR count). The molecule has 3 aromatic rings. The van der Waals surface area contributed by atoms with E-state index in [1.807, 2.05) is 41.5 Å². The average molecular weight is 492 g/mol. The summed E-state index contributed by atoms with van der Waals surface area (Å²) in [4.78, 5) is 22.0. The first-order valence-corrected chi connectivity index (χ1v) is 14.4. The van der Waals surface area contributed by atoms with Crippen LogP contribution in [0, 0.1) is 6.92 Å². The third kappa shape index (κ3) is 4.46. The van der Waals surface area contributed by atoms with Crippen molar-refractivity contribution in [2.24, 2.45) is 0 Å². The monoisotopic (exact) mass is 491 g/mol. The van der Waals surface area contributed by atoms with Crippen LogP contribution in [0.15, 0.2) is 38.4 Å². The van der Waals surface area contributed by atoms with Gasteiger partial charge in [0.15, 0.2) is 15.6 Å². The Morgan fingerprint density at radius 1 is 1.25 bits per heavy atom. The summed E-state index contributed by atoms with van der Waals surface area (Å²) in [6.45, 7) is 4.50. The number of para-hydroxylation sites is 1. The first-order valence-electron chi connectivity index (χ1n) is 10.7. The van der Waals surface area contributed by atoms with Gasteiger partial charge in [0.1, 0.15) is 9.92 Å². The Labute approximate surface area is 195 Å². The number of amides is 1. The second-order valence-corrected chi connectivity index (χ2v) is 12.6. The van der Waals surface area contributed by atoms with Gasteiger partial charge in [-0.25, -0.2) is 13.4 Å². The molecule has 1 aromatic carbocycles. The van der Waals surface area contributed by atoms with E-state index in [9.17, 15) is 13.2 Å². The fraction of sp³-hybridized carbons (Fsp3) is 0.455. The number of carbonyl (C=O) groups excluding carboxylic acids is 1. The van der Waals surface area contributed by atoms with Crippen LogP contribution in [-0.4, -0.2) is 72.8 Å². The minimum Gasteiger partial charge on any atom is -0.451 e. The number of nitrogens with zero attached hydrogens (tertiary/aromatic N) is 3. The number of thiazole rings is 1. The molecule has 0 bridgehead atoms. The molecule has 2 fully saturated rings. The van der Waals surface area contributed by atoms with Gasteiger partial charge in [-0.3, -0.25) is 9.69 Å². The molecule has 0 spiro atoms. The highest BCUT2D eigenvalue weighted by Crippen LogP contribution is 2.34. The number of hydrogen-bond donors (Lipinski definition) is 0. The van der Waals surface area contributed by atoms with Crippen molar-refractivity contribution in [1.82, 2.24) is 14.8 Å². The minimum absolute atomic E-state index is 0.0807. The molecule has 2 aromatic heterocycles. The van der Waals surface area contributed by atoms with Crippen LogP contribution in [0.25, 0.3) is 11.0 Å². The van der Waals surface area contributed by atoms with Crippen LogP contribution in [0.5, 0.6) is 0 Å². The van der Waals surface area contributed by atoms with E-state index < -0.39 is 9.84 Å². The fourth-order valence-corrected chi connectivity index (χ4v) is 8.08. The van der Waals surface area contributed by atoms with E-state index in [0.717, 1.165) is 26.6 Å². The van der Waals surface area contributed by atoms with Gasteiger partial charge < -0.3 is 9.32 Å². The number of aromatic nitrogens is 1. The van der Waals surface area contributed by atoms with Crippen LogP contribution in [-0.2, 0) is 15.6 Å². The van der Waals surface area contributed by atoms with E-state index in [1.165, 1.54) is 0 Å². The fourth-order valence-electron chi connectivity index (χ4n) is 4.44. The van der Waals surface area contributed by atoms with Crippen LogP contribution in [0.3, 0.4) is 0 Å². The number of sulfone groups is 1. The number of benzene rings is 1. The van der Waals surface area contributed by atoms with Gasteiger partial charge in [0, 0.05) is 60.0 Å². The van der Waals surface area contributed by atoms with Gasteiger partial charge in [0.2, 0.25) is 0 Å². The van der Waals surface area contributed by atoms with Crippen molar-refractivity contribution < 1.29 is 17.6 Å². The molecule has 10 heteroatoms. The van der Waals surface area contributed by atoms with Crippen molar-refractivity contribution in [2.75, 3.05) is 37.7 Å². The number of fused-ring (bicyclic) bond motifs is 1. The van der Waals surface area contributed by atoms with Crippen LogP contribution in [0.1, 0.15) is 28.2 Å². The lowest BCUT2D eigenvalue weighted by atomic mass is 10.1.